The first-order chi connectivity index (χ1) is 17.5. The summed E-state index contributed by atoms with van der Waals surface area (Å²) in [6.07, 6.45) is -1.04. The number of amides is 1. The molecule has 0 bridgehead atoms. The zero-order chi connectivity index (χ0) is 26.7. The van der Waals surface area contributed by atoms with Gasteiger partial charge in [0.15, 0.2) is 0 Å². The fraction of sp³-hybridized carbons (Fsp3) is 0.522. The van der Waals surface area contributed by atoms with E-state index < -0.39 is 38.8 Å². The molecule has 2 saturated heterocycles. The average molecular weight is 580 g/mol. The summed E-state index contributed by atoms with van der Waals surface area (Å²) in [5.74, 6) is -0.0317. The quantitative estimate of drug-likeness (QED) is 0.379. The third-order valence-electron chi connectivity index (χ3n) is 6.89. The smallest absolute Gasteiger partial charge is 0.416 e. The van der Waals surface area contributed by atoms with E-state index in [0.717, 1.165) is 12.1 Å². The highest BCUT2D eigenvalue weighted by Crippen LogP contribution is 2.38. The van der Waals surface area contributed by atoms with Gasteiger partial charge in [-0.3, -0.25) is 10.0 Å². The van der Waals surface area contributed by atoms with Crippen LogP contribution < -0.4 is 15.1 Å². The Morgan fingerprint density at radius 1 is 1.08 bits per heavy atom. The number of hydroxylamine groups is 1. The van der Waals surface area contributed by atoms with Crippen LogP contribution in [-0.4, -0.2) is 70.8 Å². The van der Waals surface area contributed by atoms with Crippen LogP contribution in [-0.2, 0) is 21.0 Å². The maximum Gasteiger partial charge on any atom is 0.416 e. The largest absolute Gasteiger partial charge is 0.490 e. The van der Waals surface area contributed by atoms with Gasteiger partial charge in [0.25, 0.3) is 0 Å². The molecule has 2 N–H and O–H groups in total. The zero-order valence-electron chi connectivity index (χ0n) is 20.3. The van der Waals surface area contributed by atoms with Crippen molar-refractivity contribution in [2.45, 2.75) is 49.1 Å². The van der Waals surface area contributed by atoms with Crippen LogP contribution in [0.2, 0.25) is 0 Å². The fourth-order valence-corrected chi connectivity index (χ4v) is 7.06. The third kappa shape index (κ3) is 6.47. The topological polar surface area (TPSA) is 125 Å². The molecule has 1 aromatic carbocycles. The van der Waals surface area contributed by atoms with Gasteiger partial charge in [0.2, 0.25) is 21.9 Å². The average Bonchev–Trinajstić information content (AvgIpc) is 2.89. The number of benzene rings is 1. The molecule has 2 aromatic rings. The molecular formula is C23H29ClF3N5O5S. The second-order valence-electron chi connectivity index (χ2n) is 9.17. The Kier molecular flexibility index (Phi) is 9.44. The molecule has 2 aliphatic heterocycles. The molecule has 4 rings (SSSR count). The fourth-order valence-electron chi connectivity index (χ4n) is 4.81. The summed E-state index contributed by atoms with van der Waals surface area (Å²) in [4.78, 5) is 22.4. The Bertz CT molecular complexity index is 1170. The lowest BCUT2D eigenvalue weighted by molar-refractivity contribution is -0.137. The van der Waals surface area contributed by atoms with Crippen LogP contribution in [0.4, 0.5) is 19.1 Å². The number of hydrogen-bond acceptors (Lipinski definition) is 8. The first-order valence-electron chi connectivity index (χ1n) is 11.8. The number of halogens is 4. The van der Waals surface area contributed by atoms with Gasteiger partial charge in [-0.2, -0.15) is 13.2 Å². The van der Waals surface area contributed by atoms with E-state index in [1.807, 2.05) is 4.90 Å². The lowest BCUT2D eigenvalue weighted by Crippen LogP contribution is -2.57. The van der Waals surface area contributed by atoms with Crippen molar-refractivity contribution in [2.75, 3.05) is 31.1 Å². The molecule has 0 aliphatic carbocycles. The Morgan fingerprint density at radius 3 is 2.18 bits per heavy atom. The van der Waals surface area contributed by atoms with E-state index in [1.165, 1.54) is 16.4 Å². The molecular weight excluding hydrogens is 551 g/mol. The van der Waals surface area contributed by atoms with E-state index in [0.29, 0.717) is 31.9 Å². The van der Waals surface area contributed by atoms with E-state index in [2.05, 4.69) is 9.97 Å². The second-order valence-corrected chi connectivity index (χ2v) is 11.5. The second kappa shape index (κ2) is 12.0. The van der Waals surface area contributed by atoms with Crippen LogP contribution in [0.25, 0.3) is 0 Å². The van der Waals surface area contributed by atoms with Crippen molar-refractivity contribution in [1.82, 2.24) is 19.8 Å². The Hall–Kier alpha value is -2.68. The van der Waals surface area contributed by atoms with Gasteiger partial charge in [-0.1, -0.05) is 0 Å². The van der Waals surface area contributed by atoms with Crippen LogP contribution in [0.15, 0.2) is 42.7 Å². The number of carbonyl (C=O) groups excluding carboxylic acids is 1. The van der Waals surface area contributed by atoms with E-state index in [-0.39, 0.29) is 50.2 Å². The molecule has 0 spiro atoms. The summed E-state index contributed by atoms with van der Waals surface area (Å²) in [5, 5.41) is 9.11. The molecule has 38 heavy (non-hydrogen) atoms. The predicted octanol–water partition coefficient (Wildman–Crippen LogP) is 3.02. The van der Waals surface area contributed by atoms with Crippen molar-refractivity contribution in [3.63, 3.8) is 0 Å². The highest BCUT2D eigenvalue weighted by Gasteiger charge is 2.51. The number of anilines is 1. The van der Waals surface area contributed by atoms with Crippen molar-refractivity contribution in [3.05, 3.63) is 48.3 Å². The standard InChI is InChI=1S/C23H28F3N5O5S.ClH/c24-23(25,26)17-2-4-18(5-3-17)36-19-6-12-31(13-7-19)37(34,35)22(16-20(32)29-33)8-14-30(15-9-22)21-27-10-1-11-28-21;/h1-5,10-11,19,33H,6-9,12-16H2,(H,29,32);1H. The summed E-state index contributed by atoms with van der Waals surface area (Å²) < 4.78 is 71.7. The first kappa shape index (κ1) is 29.9. The molecule has 10 nitrogen and oxygen atoms in total. The SMILES string of the molecule is Cl.O=C(CC1(S(=O)(=O)N2CCC(Oc3ccc(C(F)(F)F)cc3)CC2)CCN(c2ncccn2)CC1)NO. The first-order valence-corrected chi connectivity index (χ1v) is 13.3. The monoisotopic (exact) mass is 579 g/mol. The number of piperidine rings is 2. The lowest BCUT2D eigenvalue weighted by Gasteiger charge is -2.44. The molecule has 3 heterocycles. The third-order valence-corrected chi connectivity index (χ3v) is 9.58. The Balaban J connectivity index is 0.00000400. The Labute approximate surface area is 224 Å². The molecule has 210 valence electrons. The number of hydrogen-bond donors (Lipinski definition) is 2. The van der Waals surface area contributed by atoms with E-state index in [1.54, 1.807) is 23.9 Å². The number of alkyl halides is 3. The zero-order valence-corrected chi connectivity index (χ0v) is 21.9. The van der Waals surface area contributed by atoms with Crippen molar-refractivity contribution in [1.29, 1.82) is 0 Å². The van der Waals surface area contributed by atoms with Crippen LogP contribution in [0.1, 0.15) is 37.7 Å². The number of sulfonamides is 1. The maximum atomic E-state index is 13.8. The summed E-state index contributed by atoms with van der Waals surface area (Å²) in [5.41, 5.74) is 0.777. The normalized spacial score (nSPS) is 18.9. The van der Waals surface area contributed by atoms with Crippen LogP contribution in [0, 0.1) is 0 Å². The van der Waals surface area contributed by atoms with Gasteiger partial charge in [-0.15, -0.1) is 12.4 Å². The van der Waals surface area contributed by atoms with E-state index in [4.69, 9.17) is 9.94 Å². The minimum absolute atomic E-state index is 0. The van der Waals surface area contributed by atoms with E-state index >= 15 is 0 Å². The molecule has 0 atom stereocenters. The van der Waals surface area contributed by atoms with Crippen molar-refractivity contribution < 1.29 is 36.3 Å². The Morgan fingerprint density at radius 2 is 1.66 bits per heavy atom. The molecule has 2 aliphatic rings. The number of nitrogens with zero attached hydrogens (tertiary/aromatic N) is 4. The number of aromatic nitrogens is 2. The van der Waals surface area contributed by atoms with Crippen molar-refractivity contribution in [2.24, 2.45) is 0 Å². The number of rotatable bonds is 7. The number of ether oxygens (including phenoxy) is 1. The summed E-state index contributed by atoms with van der Waals surface area (Å²) >= 11 is 0. The molecule has 0 radical (unpaired) electrons. The lowest BCUT2D eigenvalue weighted by atomic mass is 9.92. The summed E-state index contributed by atoms with van der Waals surface area (Å²) in [6.45, 7) is 0.911. The highest BCUT2D eigenvalue weighted by atomic mass is 35.5. The van der Waals surface area contributed by atoms with Gasteiger partial charge < -0.3 is 9.64 Å². The predicted molar refractivity (Wildman–Crippen MR) is 134 cm³/mol. The van der Waals surface area contributed by atoms with Crippen molar-refractivity contribution >= 4 is 34.3 Å². The molecule has 1 amide bonds. The van der Waals surface area contributed by atoms with Gasteiger partial charge in [0.05, 0.1) is 10.3 Å². The summed E-state index contributed by atoms with van der Waals surface area (Å²) in [6, 6.07) is 6.06. The number of nitrogens with one attached hydrogen (secondary N) is 1. The maximum absolute atomic E-state index is 13.8. The molecule has 0 unspecified atom stereocenters. The van der Waals surface area contributed by atoms with Gasteiger partial charge >= 0.3 is 6.18 Å². The van der Waals surface area contributed by atoms with Crippen LogP contribution in [0.3, 0.4) is 0 Å². The van der Waals surface area contributed by atoms with Gasteiger partial charge in [-0.25, -0.2) is 28.2 Å². The molecule has 15 heteroatoms. The van der Waals surface area contributed by atoms with Gasteiger partial charge in [-0.05, 0) is 56.0 Å². The number of carbonyl (C=O) groups is 1. The van der Waals surface area contributed by atoms with Gasteiger partial charge in [0.1, 0.15) is 11.9 Å². The van der Waals surface area contributed by atoms with E-state index in [9.17, 15) is 26.4 Å². The van der Waals surface area contributed by atoms with Crippen LogP contribution >= 0.6 is 12.4 Å². The molecule has 2 fully saturated rings. The minimum Gasteiger partial charge on any atom is -0.490 e. The molecule has 1 aromatic heterocycles. The minimum atomic E-state index is -4.44. The summed E-state index contributed by atoms with van der Waals surface area (Å²) in [7, 11) is -3.96. The van der Waals surface area contributed by atoms with Gasteiger partial charge in [0, 0.05) is 45.0 Å². The highest BCUT2D eigenvalue weighted by molar-refractivity contribution is 7.90. The van der Waals surface area contributed by atoms with Crippen LogP contribution in [0.5, 0.6) is 5.75 Å². The van der Waals surface area contributed by atoms with Crippen molar-refractivity contribution in [3.8, 4) is 5.75 Å². The molecule has 0 saturated carbocycles.